The number of rotatable bonds is 7. The molecule has 0 radical (unpaired) electrons. The van der Waals surface area contributed by atoms with Crippen LogP contribution in [0.3, 0.4) is 0 Å². The standard InChI is InChI=1S/C16H16F6N4O3S/c1-3-11(16(20,21)22)25-30(28,29)10-7-26(2)13(12(10)17)15(27)24-8-4-5-23-9(6-8)14(18)19/h4-7,11,14,25H,3H2,1-2H3,(H,23,24,27)/t11-/m1/s1. The Morgan fingerprint density at radius 3 is 2.47 bits per heavy atom. The van der Waals surface area contributed by atoms with E-state index in [-0.39, 0.29) is 5.69 Å². The van der Waals surface area contributed by atoms with Gasteiger partial charge in [-0.1, -0.05) is 6.92 Å². The molecular weight excluding hydrogens is 442 g/mol. The van der Waals surface area contributed by atoms with Crippen molar-refractivity contribution in [2.45, 2.75) is 36.9 Å². The Labute approximate surface area is 167 Å². The highest BCUT2D eigenvalue weighted by Gasteiger charge is 2.42. The Morgan fingerprint density at radius 2 is 1.93 bits per heavy atom. The van der Waals surface area contributed by atoms with Crippen LogP contribution in [0.25, 0.3) is 0 Å². The number of hydrogen-bond donors (Lipinski definition) is 2. The van der Waals surface area contributed by atoms with E-state index < -0.39 is 63.1 Å². The summed E-state index contributed by atoms with van der Waals surface area (Å²) in [7, 11) is -3.87. The van der Waals surface area contributed by atoms with Crippen LogP contribution in [0.15, 0.2) is 29.4 Å². The minimum Gasteiger partial charge on any atom is -0.343 e. The molecule has 14 heteroatoms. The van der Waals surface area contributed by atoms with E-state index in [0.717, 1.165) is 36.9 Å². The summed E-state index contributed by atoms with van der Waals surface area (Å²) in [6.07, 6.45) is -6.88. The molecule has 0 bridgehead atoms. The third-order valence-electron chi connectivity index (χ3n) is 3.96. The molecule has 2 rings (SSSR count). The number of hydrogen-bond acceptors (Lipinski definition) is 4. The van der Waals surface area contributed by atoms with Gasteiger partial charge in [0.05, 0.1) is 0 Å². The minimum atomic E-state index is -4.97. The van der Waals surface area contributed by atoms with E-state index in [9.17, 15) is 39.6 Å². The Balaban J connectivity index is 2.35. The molecule has 2 heterocycles. The summed E-state index contributed by atoms with van der Waals surface area (Å²) in [6, 6.07) is -0.486. The van der Waals surface area contributed by atoms with Gasteiger partial charge in [0.15, 0.2) is 5.82 Å². The summed E-state index contributed by atoms with van der Waals surface area (Å²) in [6.45, 7) is 1.09. The van der Waals surface area contributed by atoms with Crippen LogP contribution in [-0.4, -0.2) is 36.1 Å². The topological polar surface area (TPSA) is 93.1 Å². The van der Waals surface area contributed by atoms with Crippen molar-refractivity contribution in [2.24, 2.45) is 7.05 Å². The second-order valence-electron chi connectivity index (χ2n) is 6.11. The third kappa shape index (κ3) is 5.11. The Hall–Kier alpha value is -2.61. The van der Waals surface area contributed by atoms with E-state index in [4.69, 9.17) is 0 Å². The van der Waals surface area contributed by atoms with Crippen LogP contribution in [0.4, 0.5) is 32.0 Å². The molecule has 0 saturated carbocycles. The lowest BCUT2D eigenvalue weighted by atomic mass is 10.2. The molecule has 0 aliphatic heterocycles. The average molecular weight is 458 g/mol. The number of nitrogens with one attached hydrogen (secondary N) is 2. The number of sulfonamides is 1. The Bertz CT molecular complexity index is 1040. The first-order chi connectivity index (χ1) is 13.8. The van der Waals surface area contributed by atoms with Crippen molar-refractivity contribution in [3.63, 3.8) is 0 Å². The number of aryl methyl sites for hydroxylation is 1. The van der Waals surface area contributed by atoms with Crippen molar-refractivity contribution in [3.05, 3.63) is 41.7 Å². The number of pyridine rings is 1. The van der Waals surface area contributed by atoms with E-state index in [2.05, 4.69) is 10.3 Å². The molecule has 1 amide bonds. The molecule has 7 nitrogen and oxygen atoms in total. The van der Waals surface area contributed by atoms with Gasteiger partial charge in [0, 0.05) is 25.1 Å². The molecule has 0 aromatic carbocycles. The van der Waals surface area contributed by atoms with Crippen molar-refractivity contribution < 1.29 is 39.6 Å². The van der Waals surface area contributed by atoms with E-state index in [1.54, 1.807) is 0 Å². The number of carbonyl (C=O) groups excluding carboxylic acids is 1. The maximum atomic E-state index is 14.7. The molecule has 0 unspecified atom stereocenters. The van der Waals surface area contributed by atoms with Crippen LogP contribution in [-0.2, 0) is 17.1 Å². The van der Waals surface area contributed by atoms with Crippen LogP contribution in [0.5, 0.6) is 0 Å². The average Bonchev–Trinajstić information content (AvgIpc) is 2.94. The largest absolute Gasteiger partial charge is 0.404 e. The molecule has 1 atom stereocenters. The molecule has 2 aromatic rings. The maximum absolute atomic E-state index is 14.7. The van der Waals surface area contributed by atoms with Crippen molar-refractivity contribution in [1.82, 2.24) is 14.3 Å². The summed E-state index contributed by atoms with van der Waals surface area (Å²) < 4.78 is 105. The zero-order valence-electron chi connectivity index (χ0n) is 15.5. The molecule has 0 aliphatic carbocycles. The fraction of sp³-hybridized carbons (Fsp3) is 0.375. The van der Waals surface area contributed by atoms with Gasteiger partial charge in [0.1, 0.15) is 22.3 Å². The van der Waals surface area contributed by atoms with Crippen LogP contribution in [0.1, 0.15) is 36.0 Å². The normalized spacial score (nSPS) is 13.5. The number of aromatic nitrogens is 2. The minimum absolute atomic E-state index is 0.170. The second-order valence-corrected chi connectivity index (χ2v) is 7.80. The fourth-order valence-electron chi connectivity index (χ4n) is 2.48. The highest BCUT2D eigenvalue weighted by molar-refractivity contribution is 7.89. The van der Waals surface area contributed by atoms with E-state index in [0.29, 0.717) is 6.20 Å². The quantitative estimate of drug-likeness (QED) is 0.623. The summed E-state index contributed by atoms with van der Waals surface area (Å²) in [5, 5.41) is 2.11. The van der Waals surface area contributed by atoms with E-state index in [1.807, 2.05) is 0 Å². The Kier molecular flexibility index (Phi) is 6.81. The number of nitrogens with zero attached hydrogens (tertiary/aromatic N) is 2. The van der Waals surface area contributed by atoms with Crippen molar-refractivity contribution in [3.8, 4) is 0 Å². The SMILES string of the molecule is CC[C@@H](NS(=O)(=O)c1cn(C)c(C(=O)Nc2ccnc(C(F)F)c2)c1F)C(F)(F)F. The fourth-order valence-corrected chi connectivity index (χ4v) is 3.92. The van der Waals surface area contributed by atoms with Gasteiger partial charge in [-0.05, 0) is 18.6 Å². The van der Waals surface area contributed by atoms with Gasteiger partial charge in [-0.15, -0.1) is 0 Å². The maximum Gasteiger partial charge on any atom is 0.404 e. The smallest absolute Gasteiger partial charge is 0.343 e. The van der Waals surface area contributed by atoms with Crippen molar-refractivity contribution >= 4 is 21.6 Å². The predicted molar refractivity (Wildman–Crippen MR) is 93.0 cm³/mol. The van der Waals surface area contributed by atoms with Gasteiger partial charge >= 0.3 is 6.18 Å². The lowest BCUT2D eigenvalue weighted by Gasteiger charge is -2.19. The number of anilines is 1. The second kappa shape index (κ2) is 8.63. The lowest BCUT2D eigenvalue weighted by Crippen LogP contribution is -2.44. The van der Waals surface area contributed by atoms with Crippen molar-refractivity contribution in [2.75, 3.05) is 5.32 Å². The zero-order valence-corrected chi connectivity index (χ0v) is 16.3. The van der Waals surface area contributed by atoms with Gasteiger partial charge in [-0.3, -0.25) is 9.78 Å². The third-order valence-corrected chi connectivity index (χ3v) is 5.41. The zero-order chi connectivity index (χ0) is 22.9. The summed E-state index contributed by atoms with van der Waals surface area (Å²) in [5.74, 6) is -2.80. The first-order valence-corrected chi connectivity index (χ1v) is 9.75. The molecule has 0 aliphatic rings. The number of amides is 1. The summed E-state index contributed by atoms with van der Waals surface area (Å²) in [4.78, 5) is 14.6. The van der Waals surface area contributed by atoms with E-state index >= 15 is 0 Å². The molecule has 166 valence electrons. The molecule has 0 spiro atoms. The molecule has 0 saturated heterocycles. The van der Waals surface area contributed by atoms with Crippen molar-refractivity contribution in [1.29, 1.82) is 0 Å². The Morgan fingerprint density at radius 1 is 1.30 bits per heavy atom. The molecule has 2 N–H and O–H groups in total. The molecule has 30 heavy (non-hydrogen) atoms. The summed E-state index contributed by atoms with van der Waals surface area (Å²) in [5.41, 5.74) is -1.66. The van der Waals surface area contributed by atoms with Crippen LogP contribution < -0.4 is 10.0 Å². The van der Waals surface area contributed by atoms with Gasteiger partial charge in [-0.25, -0.2) is 21.6 Å². The number of alkyl halides is 5. The number of carbonyl (C=O) groups is 1. The molecule has 0 fully saturated rings. The van der Waals surface area contributed by atoms with Gasteiger partial charge in [0.2, 0.25) is 10.0 Å². The van der Waals surface area contributed by atoms with Crippen LogP contribution in [0.2, 0.25) is 0 Å². The van der Waals surface area contributed by atoms with E-state index in [1.165, 1.54) is 4.72 Å². The first-order valence-electron chi connectivity index (χ1n) is 8.27. The van der Waals surface area contributed by atoms with Gasteiger partial charge in [0.25, 0.3) is 12.3 Å². The van der Waals surface area contributed by atoms with Crippen LogP contribution in [0, 0.1) is 5.82 Å². The summed E-state index contributed by atoms with van der Waals surface area (Å²) >= 11 is 0. The lowest BCUT2D eigenvalue weighted by molar-refractivity contribution is -0.151. The monoisotopic (exact) mass is 458 g/mol. The van der Waals surface area contributed by atoms with Gasteiger partial charge < -0.3 is 9.88 Å². The molecule has 2 aromatic heterocycles. The molecular formula is C16H16F6N4O3S. The van der Waals surface area contributed by atoms with Crippen LogP contribution >= 0.6 is 0 Å². The number of halogens is 6. The predicted octanol–water partition coefficient (Wildman–Crippen LogP) is 3.37. The highest BCUT2D eigenvalue weighted by atomic mass is 32.2. The highest BCUT2D eigenvalue weighted by Crippen LogP contribution is 2.27. The van der Waals surface area contributed by atoms with Gasteiger partial charge in [-0.2, -0.15) is 17.9 Å². The first kappa shape index (κ1) is 23.7.